The van der Waals surface area contributed by atoms with Crippen molar-refractivity contribution in [3.63, 3.8) is 0 Å². The van der Waals surface area contributed by atoms with E-state index in [0.29, 0.717) is 17.7 Å². The first kappa shape index (κ1) is 17.2. The Morgan fingerprint density at radius 2 is 2.08 bits per heavy atom. The van der Waals surface area contributed by atoms with E-state index in [9.17, 15) is 27.1 Å². The average Bonchev–Trinajstić information content (AvgIpc) is 3.53. The first-order valence-corrected chi connectivity index (χ1v) is 13.1. The number of aliphatic hydroxyl groups excluding tert-OH is 1. The van der Waals surface area contributed by atoms with Gasteiger partial charge in [-0.2, -0.15) is 4.31 Å². The molecule has 2 aromatic rings. The number of benzene rings is 2. The maximum Gasteiger partial charge on any atom is 0.407 e. The van der Waals surface area contributed by atoms with Gasteiger partial charge in [-0.3, -0.25) is 0 Å². The van der Waals surface area contributed by atoms with Gasteiger partial charge in [-0.15, -0.1) is 0 Å². The molecule has 2 aromatic carbocycles. The second-order valence-electron chi connectivity index (χ2n) is 8.71. The average molecular weight is 581 g/mol. The van der Waals surface area contributed by atoms with E-state index in [1.165, 1.54) is 12.1 Å². The van der Waals surface area contributed by atoms with Crippen molar-refractivity contribution in [3.05, 3.63) is 65.7 Å². The standard InChI is InChI=1S/C27H34F2N2O7S/c1-17(2)14-31(39(34,35)19-8-9-21(28)22(29)13-19)15-24(32)23(12-18-6-4-3-5-7-18)30-27(33)38-25-16-37-26-20(25)10-11-36-26/h3-9,13,17,20,23-26,32H,10-12,14-16H2,1-2H3,(H,30,33)/t20-,23-,24+,25-,26+/m0/s1/i1D3,2D3,14D2,16D2,17D,25D. The number of ether oxygens (including phenoxy) is 3. The number of hydrogen-bond acceptors (Lipinski definition) is 7. The van der Waals surface area contributed by atoms with Crippen LogP contribution in [-0.2, 0) is 30.7 Å². The van der Waals surface area contributed by atoms with Crippen LogP contribution in [0.1, 0.15) is 42.1 Å². The third kappa shape index (κ3) is 7.31. The number of rotatable bonds is 11. The minimum atomic E-state index is -5.67. The zero-order chi connectivity index (χ0) is 38.6. The Hall–Kier alpha value is -2.64. The number of nitrogens with one attached hydrogen (secondary N) is 1. The Balaban J connectivity index is 1.79. The van der Waals surface area contributed by atoms with E-state index in [0.717, 1.165) is 0 Å². The Bertz CT molecular complexity index is 1690. The molecule has 0 bridgehead atoms. The van der Waals surface area contributed by atoms with Crippen molar-refractivity contribution in [3.8, 4) is 0 Å². The van der Waals surface area contributed by atoms with Crippen molar-refractivity contribution in [1.29, 1.82) is 0 Å². The summed E-state index contributed by atoms with van der Waals surface area (Å²) in [4.78, 5) is 12.1. The lowest BCUT2D eigenvalue weighted by Gasteiger charge is -2.31. The summed E-state index contributed by atoms with van der Waals surface area (Å²) in [7, 11) is -5.67. The highest BCUT2D eigenvalue weighted by molar-refractivity contribution is 7.89. The Morgan fingerprint density at radius 1 is 1.31 bits per heavy atom. The van der Waals surface area contributed by atoms with Crippen LogP contribution in [0.5, 0.6) is 0 Å². The molecule has 2 heterocycles. The maximum atomic E-state index is 14.3. The second-order valence-corrected chi connectivity index (χ2v) is 10.6. The SMILES string of the molecule is [2H]C([2H])([2H])C([2H])(C([2H])([2H])[2H])C([2H])([2H])N(C[C@@H](O)[C@H](Cc1ccccc1)NC(=O)O[C@]1([2H])[C@@H]2CCO[C@@H]2OC1([2H])[2H])S(=O)(=O)c1ccc(F)c(F)c1. The fourth-order valence-electron chi connectivity index (χ4n) is 4.04. The number of sulfonamides is 1. The van der Waals surface area contributed by atoms with Crippen molar-refractivity contribution in [1.82, 2.24) is 9.62 Å². The summed E-state index contributed by atoms with van der Waals surface area (Å²) in [5.74, 6) is -8.65. The van der Waals surface area contributed by atoms with Crippen molar-refractivity contribution < 1.29 is 57.8 Å². The van der Waals surface area contributed by atoms with Crippen LogP contribution in [0.15, 0.2) is 53.4 Å². The van der Waals surface area contributed by atoms with Gasteiger partial charge in [-0.05, 0) is 42.5 Å². The fourth-order valence-corrected chi connectivity index (χ4v) is 5.35. The summed E-state index contributed by atoms with van der Waals surface area (Å²) in [5.41, 5.74) is 0.351. The van der Waals surface area contributed by atoms with Gasteiger partial charge in [0.2, 0.25) is 10.0 Å². The summed E-state index contributed by atoms with van der Waals surface area (Å²) in [5, 5.41) is 13.7. The molecule has 2 N–H and O–H groups in total. The van der Waals surface area contributed by atoms with E-state index in [1.807, 2.05) is 0 Å². The molecule has 39 heavy (non-hydrogen) atoms. The molecule has 1 amide bonds. The van der Waals surface area contributed by atoms with Crippen molar-refractivity contribution >= 4 is 16.1 Å². The molecule has 0 unspecified atom stereocenters. The van der Waals surface area contributed by atoms with Crippen LogP contribution in [0.2, 0.25) is 0 Å². The van der Waals surface area contributed by atoms with Gasteiger partial charge in [0, 0.05) is 25.4 Å². The van der Waals surface area contributed by atoms with Crippen LogP contribution in [0.4, 0.5) is 13.6 Å². The highest BCUT2D eigenvalue weighted by Gasteiger charge is 2.44. The molecular formula is C27H34F2N2O7S. The van der Waals surface area contributed by atoms with Crippen molar-refractivity contribution in [2.45, 2.75) is 56.0 Å². The molecule has 2 aliphatic heterocycles. The zero-order valence-corrected chi connectivity index (χ0v) is 21.1. The van der Waals surface area contributed by atoms with E-state index in [-0.39, 0.29) is 19.1 Å². The molecule has 0 spiro atoms. The third-order valence-electron chi connectivity index (χ3n) is 5.99. The quantitative estimate of drug-likeness (QED) is 0.420. The van der Waals surface area contributed by atoms with Crippen LogP contribution in [0, 0.1) is 23.4 Å². The van der Waals surface area contributed by atoms with Gasteiger partial charge in [0.15, 0.2) is 17.9 Å². The topological polar surface area (TPSA) is 114 Å². The normalized spacial score (nSPS) is 31.6. The van der Waals surface area contributed by atoms with Gasteiger partial charge >= 0.3 is 6.09 Å². The first-order valence-electron chi connectivity index (χ1n) is 17.7. The molecule has 0 saturated carbocycles. The molecule has 2 fully saturated rings. The minimum absolute atomic E-state index is 0.0562. The molecule has 214 valence electrons. The van der Waals surface area contributed by atoms with Crippen LogP contribution in [0.25, 0.3) is 0 Å². The molecule has 5 atom stereocenters. The monoisotopic (exact) mass is 580 g/mol. The van der Waals surface area contributed by atoms with E-state index < -0.39 is 113 Å². The van der Waals surface area contributed by atoms with Gasteiger partial charge < -0.3 is 24.6 Å². The van der Waals surface area contributed by atoms with Crippen molar-refractivity contribution in [2.75, 3.05) is 26.2 Å². The molecule has 0 aromatic heterocycles. The van der Waals surface area contributed by atoms with Gasteiger partial charge in [0.1, 0.15) is 6.08 Å². The molecule has 9 nitrogen and oxygen atoms in total. The highest BCUT2D eigenvalue weighted by atomic mass is 32.2. The number of amides is 1. The Kier molecular flexibility index (Phi) is 5.61. The Morgan fingerprint density at radius 3 is 2.79 bits per heavy atom. The zero-order valence-electron chi connectivity index (χ0n) is 32.3. The lowest BCUT2D eigenvalue weighted by Crippen LogP contribution is -2.51. The fraction of sp³-hybridized carbons (Fsp3) is 0.519. The van der Waals surface area contributed by atoms with E-state index in [2.05, 4.69) is 5.32 Å². The molecular weight excluding hydrogens is 534 g/mol. The number of nitrogens with zero attached hydrogens (tertiary/aromatic N) is 1. The first-order chi connectivity index (χ1) is 23.2. The highest BCUT2D eigenvalue weighted by Crippen LogP contribution is 2.33. The minimum Gasteiger partial charge on any atom is -0.443 e. The van der Waals surface area contributed by atoms with Crippen LogP contribution in [0.3, 0.4) is 0 Å². The lowest BCUT2D eigenvalue weighted by atomic mass is 10.0. The van der Waals surface area contributed by atoms with Gasteiger partial charge in [-0.25, -0.2) is 22.0 Å². The summed E-state index contributed by atoms with van der Waals surface area (Å²) in [6.45, 7) is -16.9. The van der Waals surface area contributed by atoms with E-state index in [4.69, 9.17) is 30.7 Å². The number of aliphatic hydroxyl groups is 1. The number of fused-ring (bicyclic) bond motifs is 1. The van der Waals surface area contributed by atoms with Crippen LogP contribution >= 0.6 is 0 Å². The number of carbonyl (C=O) groups excluding carboxylic acids is 1. The maximum absolute atomic E-state index is 14.3. The molecule has 4 rings (SSSR count). The smallest absolute Gasteiger partial charge is 0.407 e. The molecule has 2 aliphatic rings. The van der Waals surface area contributed by atoms with Gasteiger partial charge in [-0.1, -0.05) is 44.0 Å². The molecule has 0 aliphatic carbocycles. The number of halogens is 2. The van der Waals surface area contributed by atoms with E-state index >= 15 is 0 Å². The summed E-state index contributed by atoms with van der Waals surface area (Å²) in [6, 6.07) is 6.83. The second kappa shape index (κ2) is 12.7. The third-order valence-corrected chi connectivity index (χ3v) is 7.66. The Labute approximate surface area is 244 Å². The predicted octanol–water partition coefficient (Wildman–Crippen LogP) is 3.07. The molecule has 12 heteroatoms. The van der Waals surface area contributed by atoms with Gasteiger partial charge in [0.25, 0.3) is 0 Å². The predicted molar refractivity (Wildman–Crippen MR) is 137 cm³/mol. The number of alkyl carbamates (subject to hydrolysis) is 1. The van der Waals surface area contributed by atoms with Crippen LogP contribution in [-0.4, -0.2) is 74.6 Å². The van der Waals surface area contributed by atoms with Crippen LogP contribution < -0.4 is 5.32 Å². The number of carbonyl (C=O) groups is 1. The van der Waals surface area contributed by atoms with E-state index in [1.54, 1.807) is 18.2 Å². The summed E-state index contributed by atoms with van der Waals surface area (Å²) in [6.07, 6.45) is -8.13. The van der Waals surface area contributed by atoms with Crippen molar-refractivity contribution in [2.24, 2.45) is 11.8 Å². The largest absolute Gasteiger partial charge is 0.443 e. The lowest BCUT2D eigenvalue weighted by molar-refractivity contribution is -0.0907. The number of hydrogen-bond donors (Lipinski definition) is 2. The molecule has 2 saturated heterocycles. The molecule has 0 radical (unpaired) electrons. The summed E-state index contributed by atoms with van der Waals surface area (Å²) >= 11 is 0. The van der Waals surface area contributed by atoms with Gasteiger partial charge in [0.05, 0.1) is 40.2 Å². The summed E-state index contributed by atoms with van der Waals surface area (Å²) < 4.78 is 168.